The Hall–Kier alpha value is -1.46. The van der Waals surface area contributed by atoms with Gasteiger partial charge in [-0.05, 0) is 31.4 Å². The van der Waals surface area contributed by atoms with Crippen molar-refractivity contribution in [3.05, 3.63) is 29.8 Å². The van der Waals surface area contributed by atoms with Crippen molar-refractivity contribution in [2.24, 2.45) is 0 Å². The molecular weight excluding hydrogens is 393 g/mol. The zero-order valence-corrected chi connectivity index (χ0v) is 15.9. The van der Waals surface area contributed by atoms with Crippen LogP contribution in [0, 0.1) is 0 Å². The van der Waals surface area contributed by atoms with Gasteiger partial charge in [0.2, 0.25) is 15.9 Å². The summed E-state index contributed by atoms with van der Waals surface area (Å²) in [6.07, 6.45) is -2.78. The Morgan fingerprint density at radius 2 is 1.96 bits per heavy atom. The third-order valence-corrected chi connectivity index (χ3v) is 5.33. The van der Waals surface area contributed by atoms with E-state index in [1.54, 1.807) is 0 Å². The van der Waals surface area contributed by atoms with E-state index in [1.807, 2.05) is 6.26 Å². The fourth-order valence-corrected chi connectivity index (χ4v) is 3.26. The minimum absolute atomic E-state index is 0.125. The van der Waals surface area contributed by atoms with Crippen LogP contribution < -0.4 is 14.8 Å². The van der Waals surface area contributed by atoms with Gasteiger partial charge in [0.05, 0.1) is 5.75 Å². The van der Waals surface area contributed by atoms with Crippen LogP contribution >= 0.6 is 11.8 Å². The predicted octanol–water partition coefficient (Wildman–Crippen LogP) is 2.26. The van der Waals surface area contributed by atoms with Crippen LogP contribution in [0.15, 0.2) is 24.3 Å². The van der Waals surface area contributed by atoms with E-state index in [-0.39, 0.29) is 24.3 Å². The normalized spacial score (nSPS) is 13.3. The highest BCUT2D eigenvalue weighted by atomic mass is 32.2. The van der Waals surface area contributed by atoms with Gasteiger partial charge in [-0.2, -0.15) is 11.8 Å². The molecule has 1 atom stereocenters. The summed E-state index contributed by atoms with van der Waals surface area (Å²) in [5.74, 6) is -0.677. The molecule has 1 aromatic rings. The van der Waals surface area contributed by atoms with E-state index < -0.39 is 34.1 Å². The van der Waals surface area contributed by atoms with E-state index in [0.717, 1.165) is 6.07 Å². The van der Waals surface area contributed by atoms with Crippen molar-refractivity contribution in [3.8, 4) is 5.75 Å². The molecule has 0 saturated heterocycles. The second kappa shape index (κ2) is 10.0. The second-order valence-corrected chi connectivity index (χ2v) is 8.26. The molecule has 11 heteroatoms. The van der Waals surface area contributed by atoms with Gasteiger partial charge in [-0.25, -0.2) is 13.1 Å². The Balaban J connectivity index is 2.81. The number of hydrogen-bond donors (Lipinski definition) is 2. The molecule has 0 aliphatic carbocycles. The topological polar surface area (TPSA) is 84.5 Å². The number of halogens is 3. The Bertz CT molecular complexity index is 696. The van der Waals surface area contributed by atoms with E-state index in [1.165, 1.54) is 36.9 Å². The minimum atomic E-state index is -4.85. The molecular formula is C15H21F3N2O4S2. The number of thioether (sulfide) groups is 1. The zero-order valence-electron chi connectivity index (χ0n) is 14.3. The van der Waals surface area contributed by atoms with Crippen LogP contribution in [0.1, 0.15) is 18.9 Å². The first kappa shape index (κ1) is 22.6. The summed E-state index contributed by atoms with van der Waals surface area (Å²) in [5, 5.41) is 2.46. The number of carbonyl (C=O) groups excluding carboxylic acids is 1. The number of sulfonamides is 1. The number of amides is 1. The molecule has 0 aliphatic rings. The number of alkyl halides is 3. The summed E-state index contributed by atoms with van der Waals surface area (Å²) < 4.78 is 66.9. The molecule has 1 rings (SSSR count). The SMILES string of the molecule is CCS(=O)(=O)NC(CCSC)C(=O)NCc1ccccc1OC(F)(F)F. The van der Waals surface area contributed by atoms with Gasteiger partial charge in [0.15, 0.2) is 0 Å². The Morgan fingerprint density at radius 3 is 2.54 bits per heavy atom. The van der Waals surface area contributed by atoms with Crippen LogP contribution in [-0.2, 0) is 21.4 Å². The molecule has 1 unspecified atom stereocenters. The maximum Gasteiger partial charge on any atom is 0.573 e. The number of rotatable bonds is 10. The molecule has 0 aromatic heterocycles. The lowest BCUT2D eigenvalue weighted by atomic mass is 10.2. The van der Waals surface area contributed by atoms with Gasteiger partial charge in [0.25, 0.3) is 0 Å². The van der Waals surface area contributed by atoms with Gasteiger partial charge < -0.3 is 10.1 Å². The lowest BCUT2D eigenvalue weighted by Gasteiger charge is -2.18. The molecule has 0 radical (unpaired) electrons. The fraction of sp³-hybridized carbons (Fsp3) is 0.533. The third kappa shape index (κ3) is 8.28. The second-order valence-electron chi connectivity index (χ2n) is 5.23. The fourth-order valence-electron chi connectivity index (χ4n) is 1.96. The highest BCUT2D eigenvalue weighted by Crippen LogP contribution is 2.26. The average Bonchev–Trinajstić information content (AvgIpc) is 2.56. The van der Waals surface area contributed by atoms with Crippen LogP contribution in [0.5, 0.6) is 5.75 Å². The summed E-state index contributed by atoms with van der Waals surface area (Å²) in [4.78, 5) is 12.3. The van der Waals surface area contributed by atoms with Gasteiger partial charge >= 0.3 is 6.36 Å². The van der Waals surface area contributed by atoms with Gasteiger partial charge in [-0.3, -0.25) is 4.79 Å². The first-order valence-corrected chi connectivity index (χ1v) is 10.7. The number of hydrogen-bond acceptors (Lipinski definition) is 5. The number of benzene rings is 1. The number of para-hydroxylation sites is 1. The number of nitrogens with one attached hydrogen (secondary N) is 2. The van der Waals surface area contributed by atoms with Crippen molar-refractivity contribution in [3.63, 3.8) is 0 Å². The minimum Gasteiger partial charge on any atom is -0.405 e. The molecule has 1 amide bonds. The molecule has 0 fully saturated rings. The quantitative estimate of drug-likeness (QED) is 0.614. The molecule has 0 heterocycles. The monoisotopic (exact) mass is 414 g/mol. The lowest BCUT2D eigenvalue weighted by molar-refractivity contribution is -0.274. The van der Waals surface area contributed by atoms with Gasteiger partial charge in [-0.15, -0.1) is 13.2 Å². The molecule has 0 saturated carbocycles. The van der Waals surface area contributed by atoms with Crippen molar-refractivity contribution in [2.45, 2.75) is 32.3 Å². The van der Waals surface area contributed by atoms with E-state index in [9.17, 15) is 26.4 Å². The van der Waals surface area contributed by atoms with Crippen molar-refractivity contribution in [1.29, 1.82) is 0 Å². The Labute approximate surface area is 154 Å². The summed E-state index contributed by atoms with van der Waals surface area (Å²) in [5.41, 5.74) is 0.125. The summed E-state index contributed by atoms with van der Waals surface area (Å²) in [7, 11) is -3.60. The summed E-state index contributed by atoms with van der Waals surface area (Å²) in [6, 6.07) is 4.41. The van der Waals surface area contributed by atoms with E-state index in [0.29, 0.717) is 5.75 Å². The summed E-state index contributed by atoms with van der Waals surface area (Å²) >= 11 is 1.44. The lowest BCUT2D eigenvalue weighted by Crippen LogP contribution is -2.47. The van der Waals surface area contributed by atoms with Crippen molar-refractivity contribution in [1.82, 2.24) is 10.0 Å². The van der Waals surface area contributed by atoms with Gasteiger partial charge in [0.1, 0.15) is 11.8 Å². The average molecular weight is 414 g/mol. The van der Waals surface area contributed by atoms with Crippen molar-refractivity contribution in [2.75, 3.05) is 17.8 Å². The molecule has 0 bridgehead atoms. The molecule has 26 heavy (non-hydrogen) atoms. The largest absolute Gasteiger partial charge is 0.573 e. The first-order chi connectivity index (χ1) is 12.1. The standard InChI is InChI=1S/C15H21F3N2O4S2/c1-3-26(22,23)20-12(8-9-25-2)14(21)19-10-11-6-4-5-7-13(11)24-15(16,17)18/h4-7,12,20H,3,8-10H2,1-2H3,(H,19,21). The van der Waals surface area contributed by atoms with Crippen LogP contribution in [0.3, 0.4) is 0 Å². The highest BCUT2D eigenvalue weighted by molar-refractivity contribution is 7.98. The van der Waals surface area contributed by atoms with Crippen LogP contribution in [0.4, 0.5) is 13.2 Å². The van der Waals surface area contributed by atoms with E-state index >= 15 is 0 Å². The first-order valence-electron chi connectivity index (χ1n) is 7.68. The van der Waals surface area contributed by atoms with Crippen LogP contribution in [0.25, 0.3) is 0 Å². The van der Waals surface area contributed by atoms with E-state index in [4.69, 9.17) is 0 Å². The molecule has 0 aliphatic heterocycles. The molecule has 1 aromatic carbocycles. The highest BCUT2D eigenvalue weighted by Gasteiger charge is 2.32. The summed E-state index contributed by atoms with van der Waals surface area (Å²) in [6.45, 7) is 1.21. The maximum absolute atomic E-state index is 12.4. The van der Waals surface area contributed by atoms with E-state index in [2.05, 4.69) is 14.8 Å². The smallest absolute Gasteiger partial charge is 0.405 e. The Kier molecular flexibility index (Phi) is 8.71. The number of carbonyl (C=O) groups is 1. The molecule has 0 spiro atoms. The Morgan fingerprint density at radius 1 is 1.31 bits per heavy atom. The molecule has 148 valence electrons. The third-order valence-electron chi connectivity index (χ3n) is 3.28. The van der Waals surface area contributed by atoms with Crippen molar-refractivity contribution < 1.29 is 31.1 Å². The zero-order chi connectivity index (χ0) is 19.8. The number of ether oxygens (including phenoxy) is 1. The predicted molar refractivity (Wildman–Crippen MR) is 94.4 cm³/mol. The molecule has 2 N–H and O–H groups in total. The van der Waals surface area contributed by atoms with Gasteiger partial charge in [-0.1, -0.05) is 18.2 Å². The van der Waals surface area contributed by atoms with Crippen LogP contribution in [0.2, 0.25) is 0 Å². The maximum atomic E-state index is 12.4. The van der Waals surface area contributed by atoms with Crippen molar-refractivity contribution >= 4 is 27.7 Å². The van der Waals surface area contributed by atoms with Crippen LogP contribution in [-0.4, -0.2) is 44.5 Å². The van der Waals surface area contributed by atoms with Gasteiger partial charge in [0, 0.05) is 12.1 Å². The molecule has 6 nitrogen and oxygen atoms in total.